The van der Waals surface area contributed by atoms with Gasteiger partial charge < -0.3 is 24.4 Å². The van der Waals surface area contributed by atoms with Gasteiger partial charge in [-0.1, -0.05) is 43.7 Å². The van der Waals surface area contributed by atoms with E-state index in [2.05, 4.69) is 24.4 Å². The molecule has 5 aromatic rings. The summed E-state index contributed by atoms with van der Waals surface area (Å²) in [6.07, 6.45) is -5.82. The largest absolute Gasteiger partial charge is 0.478 e. The van der Waals surface area contributed by atoms with E-state index in [4.69, 9.17) is 14.6 Å². The van der Waals surface area contributed by atoms with E-state index in [1.807, 2.05) is 31.2 Å². The maximum absolute atomic E-state index is 13.7. The summed E-state index contributed by atoms with van der Waals surface area (Å²) < 4.78 is 142. The molecule has 5 heterocycles. The van der Waals surface area contributed by atoms with E-state index < -0.39 is 115 Å². The Morgan fingerprint density at radius 2 is 1.11 bits per heavy atom. The van der Waals surface area contributed by atoms with Crippen molar-refractivity contribution in [3.05, 3.63) is 118 Å². The van der Waals surface area contributed by atoms with Crippen LogP contribution in [0.5, 0.6) is 0 Å². The predicted molar refractivity (Wildman–Crippen MR) is 282 cm³/mol. The van der Waals surface area contributed by atoms with E-state index in [0.29, 0.717) is 18.2 Å². The number of nitrogens with one attached hydrogen (secondary N) is 2. The molecule has 2 saturated heterocycles. The Hall–Kier alpha value is -8.44. The maximum Gasteiger partial charge on any atom is 0.340 e. The van der Waals surface area contributed by atoms with Gasteiger partial charge in [-0.05, 0) is 93.1 Å². The van der Waals surface area contributed by atoms with Gasteiger partial charge in [0, 0.05) is 44.2 Å². The number of esters is 2. The molecule has 0 atom stereocenters. The highest BCUT2D eigenvalue weighted by Crippen LogP contribution is 2.33. The van der Waals surface area contributed by atoms with E-state index in [-0.39, 0.29) is 98.5 Å². The number of amides is 2. The van der Waals surface area contributed by atoms with Gasteiger partial charge in [0.05, 0.1) is 51.7 Å². The third kappa shape index (κ3) is 16.8. The number of carbonyl (C=O) groups is 5. The zero-order valence-corrected chi connectivity index (χ0v) is 45.8. The van der Waals surface area contributed by atoms with Gasteiger partial charge in [0.1, 0.15) is 40.9 Å². The van der Waals surface area contributed by atoms with Gasteiger partial charge in [0.15, 0.2) is 0 Å². The van der Waals surface area contributed by atoms with Gasteiger partial charge in [0.25, 0.3) is 29.3 Å². The number of carboxylic acids is 1. The van der Waals surface area contributed by atoms with Crippen molar-refractivity contribution < 1.29 is 81.7 Å². The molecule has 3 aromatic heterocycles. The molecule has 29 heteroatoms. The monoisotopic (exact) mass is 1190 g/mol. The molecule has 2 aliphatic heterocycles. The van der Waals surface area contributed by atoms with Crippen LogP contribution in [0.15, 0.2) is 77.8 Å². The molecule has 0 radical (unpaired) electrons. The molecule has 3 N–H and O–H groups in total. The van der Waals surface area contributed by atoms with Crippen molar-refractivity contribution in [3.63, 3.8) is 0 Å². The number of nitrogens with zero attached hydrogens (tertiary/aromatic N) is 7. The second-order valence-corrected chi connectivity index (χ2v) is 21.6. The lowest BCUT2D eigenvalue weighted by molar-refractivity contribution is -0.124. The Balaban J connectivity index is 0.000000253. The number of ether oxygens (including phenoxy) is 2. The van der Waals surface area contributed by atoms with Crippen LogP contribution in [0.3, 0.4) is 0 Å². The summed E-state index contributed by atoms with van der Waals surface area (Å²) in [6, 6.07) is 20.0. The fourth-order valence-corrected chi connectivity index (χ4v) is 10.8. The van der Waals surface area contributed by atoms with Gasteiger partial charge >= 0.3 is 17.9 Å². The summed E-state index contributed by atoms with van der Waals surface area (Å²) in [5.41, 5.74) is -3.80. The standard InChI is InChI=1S/C26H24F2N4O5S.C20H26F2N4O5S.C7H5F2NO2/c1-2-37-26(34)21-14-19(15-29)24(30-22(21)23(27)28)32-11-9-17(10-12-32)25(33)31-38(35,36)20-8-7-16-5-3-4-6-18(16)13-20;1-3-5-10-32(29,30)25-19(27)13-6-8-26(9-7-13)18-14(12-23)11-15(20(28)31-4-2)16(24-18)17(21)22;8-6(9)5-4(7(11)12)2-1-3-10-5/h3-8,13-14,17,23H,2,9-12H2,1H3,(H,31,33);11,13,17H,3-10H2,1-2H3,(H,25,27);1-3,6H,(H,11,12). The predicted octanol–water partition coefficient (Wildman–Crippen LogP) is 8.19. The lowest BCUT2D eigenvalue weighted by atomic mass is 9.96. The number of benzene rings is 2. The maximum atomic E-state index is 13.7. The normalized spacial score (nSPS) is 13.9. The minimum atomic E-state index is -4.11. The number of hydrogen-bond acceptors (Lipinski definition) is 18. The van der Waals surface area contributed by atoms with Crippen LogP contribution < -0.4 is 19.2 Å². The zero-order chi connectivity index (χ0) is 60.5. The number of rotatable bonds is 18. The van der Waals surface area contributed by atoms with E-state index in [0.717, 1.165) is 29.8 Å². The Kier molecular flexibility index (Phi) is 23.0. The Morgan fingerprint density at radius 3 is 1.52 bits per heavy atom. The fraction of sp³-hybridized carbons (Fsp3) is 0.396. The molecule has 2 fully saturated rings. The summed E-state index contributed by atoms with van der Waals surface area (Å²) >= 11 is 0. The van der Waals surface area contributed by atoms with Gasteiger partial charge in [-0.2, -0.15) is 10.5 Å². The number of aromatic nitrogens is 3. The summed E-state index contributed by atoms with van der Waals surface area (Å²) in [7, 11) is -7.80. The molecule has 2 amide bonds. The van der Waals surface area contributed by atoms with Crippen molar-refractivity contribution in [1.82, 2.24) is 24.4 Å². The lowest BCUT2D eigenvalue weighted by Crippen LogP contribution is -2.43. The first-order valence-electron chi connectivity index (χ1n) is 25.3. The summed E-state index contributed by atoms with van der Waals surface area (Å²) in [6.45, 7) is 5.59. The van der Waals surface area contributed by atoms with Crippen molar-refractivity contribution >= 4 is 72.2 Å². The Labute approximate surface area is 467 Å². The SMILES string of the molecule is CCCCS(=O)(=O)NC(=O)C1CCN(c2nc(C(F)F)c(C(=O)OCC)cc2C#N)CC1.CCOC(=O)c1cc(C#N)c(N2CCC(C(=O)NS(=O)(=O)c3ccc4ccccc4c3)CC2)nc1C(F)F.O=C(O)c1cccnc1C(F)F. The second kappa shape index (κ2) is 29.3. The first-order valence-corrected chi connectivity index (χ1v) is 28.4. The first-order chi connectivity index (χ1) is 38.9. The van der Waals surface area contributed by atoms with Crippen molar-refractivity contribution in [3.8, 4) is 12.1 Å². The third-order valence-corrected chi connectivity index (χ3v) is 15.3. The molecule has 0 unspecified atom stereocenters. The van der Waals surface area contributed by atoms with Crippen LogP contribution in [0, 0.1) is 34.5 Å². The van der Waals surface area contributed by atoms with Crippen LogP contribution in [0.2, 0.25) is 0 Å². The summed E-state index contributed by atoms with van der Waals surface area (Å²) in [5, 5.41) is 29.1. The van der Waals surface area contributed by atoms with Gasteiger partial charge in [-0.25, -0.2) is 72.3 Å². The summed E-state index contributed by atoms with van der Waals surface area (Å²) in [5.74, 6) is -6.03. The van der Waals surface area contributed by atoms with Gasteiger partial charge in [-0.3, -0.25) is 19.3 Å². The number of carboxylic acid groups (broad SMARTS) is 1. The van der Waals surface area contributed by atoms with Crippen molar-refractivity contribution in [2.45, 2.75) is 83.5 Å². The van der Waals surface area contributed by atoms with Crippen LogP contribution in [0.4, 0.5) is 38.0 Å². The van der Waals surface area contributed by atoms with Crippen LogP contribution in [-0.2, 0) is 39.1 Å². The molecule has 7 rings (SSSR count). The molecule has 0 aliphatic carbocycles. The number of anilines is 2. The molecule has 0 spiro atoms. The number of hydrogen-bond donors (Lipinski definition) is 3. The topological polar surface area (TPSA) is 309 Å². The number of piperidine rings is 2. The smallest absolute Gasteiger partial charge is 0.340 e. The highest BCUT2D eigenvalue weighted by molar-refractivity contribution is 7.90. The van der Waals surface area contributed by atoms with Crippen LogP contribution in [-0.4, -0.2) is 112 Å². The van der Waals surface area contributed by atoms with Gasteiger partial charge in [-0.15, -0.1) is 0 Å². The average molecular weight is 1190 g/mol. The highest BCUT2D eigenvalue weighted by Gasteiger charge is 2.34. The number of fused-ring (bicyclic) bond motifs is 1. The van der Waals surface area contributed by atoms with Gasteiger partial charge in [0.2, 0.25) is 21.8 Å². The molecule has 82 heavy (non-hydrogen) atoms. The number of nitriles is 2. The van der Waals surface area contributed by atoms with E-state index in [1.165, 1.54) is 32.0 Å². The number of aromatic carboxylic acids is 1. The van der Waals surface area contributed by atoms with Crippen LogP contribution in [0.25, 0.3) is 10.8 Å². The number of sulfonamides is 2. The van der Waals surface area contributed by atoms with E-state index in [9.17, 15) is 77.7 Å². The molecule has 2 aromatic carbocycles. The fourth-order valence-electron chi connectivity index (χ4n) is 8.47. The van der Waals surface area contributed by atoms with Crippen molar-refractivity contribution in [2.24, 2.45) is 11.8 Å². The van der Waals surface area contributed by atoms with Crippen molar-refractivity contribution in [2.75, 3.05) is 54.9 Å². The van der Waals surface area contributed by atoms with E-state index >= 15 is 0 Å². The Bertz CT molecular complexity index is 3460. The number of pyridine rings is 3. The summed E-state index contributed by atoms with van der Waals surface area (Å²) in [4.78, 5) is 73.8. The molecular weight excluding hydrogens is 1130 g/mol. The molecular formula is C53H55F6N9O12S2. The average Bonchev–Trinajstić information content (AvgIpc) is 3.57. The highest BCUT2D eigenvalue weighted by atomic mass is 32.2. The van der Waals surface area contributed by atoms with Crippen molar-refractivity contribution in [1.29, 1.82) is 10.5 Å². The minimum absolute atomic E-state index is 0.00901. The zero-order valence-electron chi connectivity index (χ0n) is 44.2. The Morgan fingerprint density at radius 1 is 0.646 bits per heavy atom. The molecule has 0 bridgehead atoms. The minimum Gasteiger partial charge on any atom is -0.478 e. The van der Waals surface area contributed by atoms with E-state index in [1.54, 1.807) is 28.0 Å². The number of carbonyl (C=O) groups excluding carboxylic acids is 4. The molecule has 0 saturated carbocycles. The molecule has 438 valence electrons. The third-order valence-electron chi connectivity index (χ3n) is 12.6. The second-order valence-electron chi connectivity index (χ2n) is 18.0. The first kappa shape index (κ1) is 64.4. The number of unbranched alkanes of at least 4 members (excludes halogenated alkanes) is 1. The molecule has 21 nitrogen and oxygen atoms in total. The molecule has 2 aliphatic rings. The quantitative estimate of drug-likeness (QED) is 0.0550. The lowest BCUT2D eigenvalue weighted by Gasteiger charge is -2.33. The number of halogens is 6. The van der Waals surface area contributed by atoms with Crippen LogP contribution in [0.1, 0.15) is 138 Å². The number of alkyl halides is 6. The van der Waals surface area contributed by atoms with Crippen LogP contribution >= 0.6 is 0 Å².